The third-order valence-electron chi connectivity index (χ3n) is 3.15. The quantitative estimate of drug-likeness (QED) is 0.606. The minimum absolute atomic E-state index is 0.373. The molecule has 0 aliphatic heterocycles. The van der Waals surface area contributed by atoms with Gasteiger partial charge in [-0.25, -0.2) is 4.98 Å². The van der Waals surface area contributed by atoms with Gasteiger partial charge in [0.25, 0.3) is 0 Å². The number of fused-ring (bicyclic) bond motifs is 1. The second-order valence-corrected chi connectivity index (χ2v) is 5.05. The highest BCUT2D eigenvalue weighted by Crippen LogP contribution is 2.40. The Bertz CT molecular complexity index is 772. The number of hydrogen-bond acceptors (Lipinski definition) is 2. The van der Waals surface area contributed by atoms with Gasteiger partial charge in [-0.15, -0.1) is 0 Å². The number of ether oxygens (including phenoxy) is 1. The van der Waals surface area contributed by atoms with Crippen LogP contribution in [0.15, 0.2) is 48.5 Å². The third kappa shape index (κ3) is 2.11. The number of para-hydroxylation sites is 1. The summed E-state index contributed by atoms with van der Waals surface area (Å²) in [6.07, 6.45) is 0. The van der Waals surface area contributed by atoms with Crippen LogP contribution in [0, 0.1) is 0 Å². The lowest BCUT2D eigenvalue weighted by Gasteiger charge is -2.11. The molecule has 0 aliphatic rings. The molecular formula is C16H11Cl2NO. The fourth-order valence-electron chi connectivity index (χ4n) is 2.21. The van der Waals surface area contributed by atoms with Crippen LogP contribution in [0.3, 0.4) is 0 Å². The molecule has 0 amide bonds. The summed E-state index contributed by atoms with van der Waals surface area (Å²) >= 11 is 12.9. The van der Waals surface area contributed by atoms with Crippen LogP contribution >= 0.6 is 23.2 Å². The van der Waals surface area contributed by atoms with Gasteiger partial charge in [0, 0.05) is 10.9 Å². The number of pyridine rings is 1. The van der Waals surface area contributed by atoms with Gasteiger partial charge in [0.05, 0.1) is 12.1 Å². The van der Waals surface area contributed by atoms with Gasteiger partial charge in [-0.3, -0.25) is 0 Å². The Morgan fingerprint density at radius 3 is 2.40 bits per heavy atom. The minimum atomic E-state index is 0.373. The molecule has 4 heteroatoms. The van der Waals surface area contributed by atoms with Crippen LogP contribution in [0.2, 0.25) is 10.2 Å². The predicted molar refractivity (Wildman–Crippen MR) is 83.8 cm³/mol. The molecule has 2 nitrogen and oxygen atoms in total. The number of aromatic nitrogens is 1. The first-order valence-electron chi connectivity index (χ1n) is 6.09. The van der Waals surface area contributed by atoms with E-state index in [4.69, 9.17) is 27.9 Å². The average molecular weight is 304 g/mol. The van der Waals surface area contributed by atoms with E-state index in [1.807, 2.05) is 48.5 Å². The zero-order valence-electron chi connectivity index (χ0n) is 10.7. The Hall–Kier alpha value is -1.77. The second-order valence-electron chi connectivity index (χ2n) is 4.31. The van der Waals surface area contributed by atoms with Crippen molar-refractivity contribution in [1.82, 2.24) is 4.98 Å². The van der Waals surface area contributed by atoms with Crippen molar-refractivity contribution in [2.45, 2.75) is 0 Å². The van der Waals surface area contributed by atoms with E-state index in [9.17, 15) is 0 Å². The third-order valence-corrected chi connectivity index (χ3v) is 3.82. The molecule has 100 valence electrons. The smallest absolute Gasteiger partial charge is 0.145 e. The molecule has 3 rings (SSSR count). The highest BCUT2D eigenvalue weighted by molar-refractivity contribution is 6.42. The van der Waals surface area contributed by atoms with Gasteiger partial charge < -0.3 is 4.74 Å². The first-order chi connectivity index (χ1) is 9.72. The highest BCUT2D eigenvalue weighted by Gasteiger charge is 2.16. The second kappa shape index (κ2) is 5.31. The summed E-state index contributed by atoms with van der Waals surface area (Å²) in [6, 6.07) is 15.4. The Morgan fingerprint density at radius 2 is 1.70 bits per heavy atom. The van der Waals surface area contributed by atoms with Crippen LogP contribution in [0.25, 0.3) is 22.0 Å². The van der Waals surface area contributed by atoms with E-state index < -0.39 is 0 Å². The van der Waals surface area contributed by atoms with Gasteiger partial charge >= 0.3 is 0 Å². The molecular weight excluding hydrogens is 293 g/mol. The van der Waals surface area contributed by atoms with Crippen molar-refractivity contribution in [3.8, 4) is 16.9 Å². The zero-order chi connectivity index (χ0) is 14.1. The van der Waals surface area contributed by atoms with Crippen molar-refractivity contribution < 1.29 is 4.74 Å². The van der Waals surface area contributed by atoms with Crippen LogP contribution in [-0.4, -0.2) is 12.1 Å². The molecule has 20 heavy (non-hydrogen) atoms. The number of nitrogens with zero attached hydrogens (tertiary/aromatic N) is 1. The van der Waals surface area contributed by atoms with E-state index in [0.29, 0.717) is 21.4 Å². The summed E-state index contributed by atoms with van der Waals surface area (Å²) in [4.78, 5) is 4.44. The van der Waals surface area contributed by atoms with E-state index in [1.54, 1.807) is 7.11 Å². The lowest BCUT2D eigenvalue weighted by Crippen LogP contribution is -1.92. The SMILES string of the molecule is COc1cccc2c(Cl)c(-c3ccccc3)c(Cl)nc12. The fourth-order valence-corrected chi connectivity index (χ4v) is 2.90. The molecule has 0 unspecified atom stereocenters. The maximum Gasteiger partial charge on any atom is 0.145 e. The summed E-state index contributed by atoms with van der Waals surface area (Å²) in [5, 5.41) is 1.79. The van der Waals surface area contributed by atoms with Crippen LogP contribution < -0.4 is 4.74 Å². The minimum Gasteiger partial charge on any atom is -0.494 e. The Kier molecular flexibility index (Phi) is 3.51. The van der Waals surface area contributed by atoms with Gasteiger partial charge in [-0.05, 0) is 11.6 Å². The molecule has 0 spiro atoms. The number of hydrogen-bond donors (Lipinski definition) is 0. The molecule has 0 atom stereocenters. The first-order valence-corrected chi connectivity index (χ1v) is 6.85. The molecule has 2 aromatic carbocycles. The molecule has 0 saturated heterocycles. The predicted octanol–water partition coefficient (Wildman–Crippen LogP) is 5.22. The molecule has 0 bridgehead atoms. The lowest BCUT2D eigenvalue weighted by atomic mass is 10.0. The van der Waals surface area contributed by atoms with Gasteiger partial charge in [-0.2, -0.15) is 0 Å². The normalized spacial score (nSPS) is 10.8. The molecule has 3 aromatic rings. The van der Waals surface area contributed by atoms with Gasteiger partial charge in [0.1, 0.15) is 16.4 Å². The summed E-state index contributed by atoms with van der Waals surface area (Å²) in [5.74, 6) is 0.658. The summed E-state index contributed by atoms with van der Waals surface area (Å²) in [5.41, 5.74) is 2.36. The first kappa shape index (κ1) is 13.2. The monoisotopic (exact) mass is 303 g/mol. The van der Waals surface area contributed by atoms with Crippen molar-refractivity contribution in [2.75, 3.05) is 7.11 Å². The van der Waals surface area contributed by atoms with Crippen LogP contribution in [-0.2, 0) is 0 Å². The van der Waals surface area contributed by atoms with E-state index in [2.05, 4.69) is 4.98 Å². The fraction of sp³-hybridized carbons (Fsp3) is 0.0625. The van der Waals surface area contributed by atoms with Crippen molar-refractivity contribution in [3.63, 3.8) is 0 Å². The summed E-state index contributed by atoms with van der Waals surface area (Å²) < 4.78 is 5.30. The number of methoxy groups -OCH3 is 1. The summed E-state index contributed by atoms with van der Waals surface area (Å²) in [6.45, 7) is 0. The molecule has 0 aliphatic carbocycles. The van der Waals surface area contributed by atoms with Gasteiger partial charge in [-0.1, -0.05) is 65.7 Å². The summed E-state index contributed by atoms with van der Waals surface area (Å²) in [7, 11) is 1.60. The van der Waals surface area contributed by atoms with Crippen molar-refractivity contribution >= 4 is 34.1 Å². The topological polar surface area (TPSA) is 22.1 Å². The maximum atomic E-state index is 6.53. The molecule has 0 saturated carbocycles. The number of halogens is 2. The zero-order valence-corrected chi connectivity index (χ0v) is 12.2. The van der Waals surface area contributed by atoms with Crippen molar-refractivity contribution in [3.05, 3.63) is 58.7 Å². The van der Waals surface area contributed by atoms with Crippen LogP contribution in [0.5, 0.6) is 5.75 Å². The molecule has 1 heterocycles. The Balaban J connectivity index is 2.36. The molecule has 0 fully saturated rings. The van der Waals surface area contributed by atoms with Crippen molar-refractivity contribution in [2.24, 2.45) is 0 Å². The van der Waals surface area contributed by atoms with Crippen molar-refractivity contribution in [1.29, 1.82) is 0 Å². The molecule has 1 aromatic heterocycles. The van der Waals surface area contributed by atoms with E-state index in [-0.39, 0.29) is 0 Å². The largest absolute Gasteiger partial charge is 0.494 e. The Morgan fingerprint density at radius 1 is 0.950 bits per heavy atom. The number of rotatable bonds is 2. The van der Waals surface area contributed by atoms with E-state index in [1.165, 1.54) is 0 Å². The molecule has 0 N–H and O–H groups in total. The van der Waals surface area contributed by atoms with Crippen LogP contribution in [0.1, 0.15) is 0 Å². The van der Waals surface area contributed by atoms with E-state index in [0.717, 1.165) is 16.5 Å². The standard InChI is InChI=1S/C16H11Cl2NO/c1-20-12-9-5-8-11-14(17)13(16(18)19-15(11)12)10-6-3-2-4-7-10/h2-9H,1H3. The highest BCUT2D eigenvalue weighted by atomic mass is 35.5. The van der Waals surface area contributed by atoms with Crippen LogP contribution in [0.4, 0.5) is 0 Å². The van der Waals surface area contributed by atoms with Gasteiger partial charge in [0.15, 0.2) is 0 Å². The molecule has 0 radical (unpaired) electrons. The Labute approximate surface area is 126 Å². The van der Waals surface area contributed by atoms with Gasteiger partial charge in [0.2, 0.25) is 0 Å². The maximum absolute atomic E-state index is 6.53. The number of benzene rings is 2. The average Bonchev–Trinajstić information content (AvgIpc) is 2.48. The lowest BCUT2D eigenvalue weighted by molar-refractivity contribution is 0.419. The van der Waals surface area contributed by atoms with E-state index >= 15 is 0 Å².